The van der Waals surface area contributed by atoms with E-state index in [2.05, 4.69) is 32.6 Å². The molecule has 5 nitrogen and oxygen atoms in total. The number of pyridine rings is 1. The largest absolute Gasteiger partial charge is 0.356 e. The Hall–Kier alpha value is -0.890. The fraction of sp³-hybridized carbons (Fsp3) is 0.667. The number of rotatable bonds is 7. The SMILES string of the molecule is CN=C(NCCCN(C)C1CCCCC1)NCc1ccccn1.I. The summed E-state index contributed by atoms with van der Waals surface area (Å²) in [4.78, 5) is 11.1. The average Bonchev–Trinajstić information content (AvgIpc) is 2.62. The molecule has 24 heavy (non-hydrogen) atoms. The molecule has 0 spiro atoms. The molecule has 1 heterocycles. The van der Waals surface area contributed by atoms with Crippen molar-refractivity contribution in [1.82, 2.24) is 20.5 Å². The van der Waals surface area contributed by atoms with E-state index in [1.165, 1.54) is 32.1 Å². The van der Waals surface area contributed by atoms with Crippen LogP contribution < -0.4 is 10.6 Å². The maximum absolute atomic E-state index is 4.30. The van der Waals surface area contributed by atoms with E-state index in [-0.39, 0.29) is 24.0 Å². The molecule has 1 aliphatic rings. The average molecular weight is 445 g/mol. The molecule has 2 rings (SSSR count). The molecule has 1 aromatic rings. The number of nitrogens with zero attached hydrogens (tertiary/aromatic N) is 3. The molecule has 1 fully saturated rings. The third kappa shape index (κ3) is 7.79. The fourth-order valence-corrected chi connectivity index (χ4v) is 3.14. The lowest BCUT2D eigenvalue weighted by molar-refractivity contribution is 0.190. The predicted octanol–water partition coefficient (Wildman–Crippen LogP) is 3.02. The van der Waals surface area contributed by atoms with E-state index in [1.54, 1.807) is 0 Å². The lowest BCUT2D eigenvalue weighted by Gasteiger charge is -2.31. The summed E-state index contributed by atoms with van der Waals surface area (Å²) in [5.41, 5.74) is 1.02. The van der Waals surface area contributed by atoms with Gasteiger partial charge < -0.3 is 15.5 Å². The Morgan fingerprint density at radius 3 is 2.71 bits per heavy atom. The normalized spacial score (nSPS) is 15.9. The predicted molar refractivity (Wildman–Crippen MR) is 112 cm³/mol. The van der Waals surface area contributed by atoms with Gasteiger partial charge in [-0.05, 0) is 45.0 Å². The van der Waals surface area contributed by atoms with Crippen molar-refractivity contribution in [2.75, 3.05) is 27.2 Å². The van der Waals surface area contributed by atoms with Crippen molar-refractivity contribution in [2.45, 2.75) is 51.1 Å². The molecule has 0 amide bonds. The Balaban J connectivity index is 0.00000288. The highest BCUT2D eigenvalue weighted by atomic mass is 127. The first-order valence-electron chi connectivity index (χ1n) is 8.84. The van der Waals surface area contributed by atoms with Crippen LogP contribution >= 0.6 is 24.0 Å². The van der Waals surface area contributed by atoms with Crippen LogP contribution in [0.4, 0.5) is 0 Å². The van der Waals surface area contributed by atoms with Gasteiger partial charge in [-0.2, -0.15) is 0 Å². The Labute approximate surface area is 163 Å². The van der Waals surface area contributed by atoms with E-state index in [0.29, 0.717) is 6.54 Å². The van der Waals surface area contributed by atoms with Gasteiger partial charge in [0.25, 0.3) is 0 Å². The van der Waals surface area contributed by atoms with Crippen molar-refractivity contribution in [2.24, 2.45) is 4.99 Å². The molecule has 0 unspecified atom stereocenters. The van der Waals surface area contributed by atoms with E-state index < -0.39 is 0 Å². The Morgan fingerprint density at radius 1 is 1.25 bits per heavy atom. The van der Waals surface area contributed by atoms with Crippen LogP contribution in [0.25, 0.3) is 0 Å². The smallest absolute Gasteiger partial charge is 0.191 e. The van der Waals surface area contributed by atoms with Crippen LogP contribution in [0.2, 0.25) is 0 Å². The van der Waals surface area contributed by atoms with Gasteiger partial charge in [-0.15, -0.1) is 24.0 Å². The van der Waals surface area contributed by atoms with Gasteiger partial charge in [-0.3, -0.25) is 9.98 Å². The summed E-state index contributed by atoms with van der Waals surface area (Å²) in [6.07, 6.45) is 9.92. The van der Waals surface area contributed by atoms with Crippen molar-refractivity contribution in [1.29, 1.82) is 0 Å². The van der Waals surface area contributed by atoms with Crippen LogP contribution in [-0.2, 0) is 6.54 Å². The van der Waals surface area contributed by atoms with Crippen molar-refractivity contribution >= 4 is 29.9 Å². The molecule has 0 aliphatic heterocycles. The lowest BCUT2D eigenvalue weighted by Crippen LogP contribution is -2.39. The molecule has 0 aromatic carbocycles. The van der Waals surface area contributed by atoms with Crippen molar-refractivity contribution < 1.29 is 0 Å². The maximum atomic E-state index is 4.30. The molecule has 1 aromatic heterocycles. The van der Waals surface area contributed by atoms with Crippen LogP contribution in [0, 0.1) is 0 Å². The van der Waals surface area contributed by atoms with Crippen LogP contribution in [-0.4, -0.2) is 49.1 Å². The highest BCUT2D eigenvalue weighted by molar-refractivity contribution is 14.0. The number of aliphatic imine (C=N–C) groups is 1. The second-order valence-corrected chi connectivity index (χ2v) is 6.30. The van der Waals surface area contributed by atoms with E-state index in [1.807, 2.05) is 31.4 Å². The molecule has 1 saturated carbocycles. The van der Waals surface area contributed by atoms with Gasteiger partial charge in [0.15, 0.2) is 5.96 Å². The Kier molecular flexibility index (Phi) is 11.0. The van der Waals surface area contributed by atoms with Gasteiger partial charge in [0, 0.05) is 25.8 Å². The first-order chi connectivity index (χ1) is 11.3. The van der Waals surface area contributed by atoms with E-state index in [9.17, 15) is 0 Å². The second kappa shape index (κ2) is 12.5. The monoisotopic (exact) mass is 445 g/mol. The summed E-state index contributed by atoms with van der Waals surface area (Å²) in [5, 5.41) is 6.68. The van der Waals surface area contributed by atoms with Crippen molar-refractivity contribution in [3.63, 3.8) is 0 Å². The number of hydrogen-bond acceptors (Lipinski definition) is 3. The molecule has 136 valence electrons. The van der Waals surface area contributed by atoms with Crippen LogP contribution in [0.1, 0.15) is 44.2 Å². The molecule has 2 N–H and O–H groups in total. The zero-order valence-corrected chi connectivity index (χ0v) is 17.3. The summed E-state index contributed by atoms with van der Waals surface area (Å²) >= 11 is 0. The third-order valence-electron chi connectivity index (χ3n) is 4.56. The maximum Gasteiger partial charge on any atom is 0.191 e. The first-order valence-corrected chi connectivity index (χ1v) is 8.84. The first kappa shape index (κ1) is 21.2. The summed E-state index contributed by atoms with van der Waals surface area (Å²) in [5.74, 6) is 0.843. The number of nitrogens with one attached hydrogen (secondary N) is 2. The van der Waals surface area contributed by atoms with E-state index >= 15 is 0 Å². The van der Waals surface area contributed by atoms with Gasteiger partial charge in [0.05, 0.1) is 12.2 Å². The summed E-state index contributed by atoms with van der Waals surface area (Å²) in [7, 11) is 4.08. The van der Waals surface area contributed by atoms with Crippen molar-refractivity contribution in [3.05, 3.63) is 30.1 Å². The molecule has 1 aliphatic carbocycles. The number of hydrogen-bond donors (Lipinski definition) is 2. The standard InChI is InChI=1S/C18H31N5.HI/c1-19-18(22-15-16-9-6-7-12-20-16)21-13-8-14-23(2)17-10-4-3-5-11-17;/h6-7,9,12,17H,3-5,8,10-11,13-15H2,1-2H3,(H2,19,21,22);1H. The number of aromatic nitrogens is 1. The quantitative estimate of drug-likeness (QED) is 0.293. The zero-order valence-electron chi connectivity index (χ0n) is 15.0. The molecular weight excluding hydrogens is 413 g/mol. The van der Waals surface area contributed by atoms with Gasteiger partial charge in [-0.1, -0.05) is 25.3 Å². The Bertz CT molecular complexity index is 460. The minimum Gasteiger partial charge on any atom is -0.356 e. The number of halogens is 1. The van der Waals surface area contributed by atoms with Gasteiger partial charge in [0.2, 0.25) is 0 Å². The van der Waals surface area contributed by atoms with Gasteiger partial charge >= 0.3 is 0 Å². The third-order valence-corrected chi connectivity index (χ3v) is 4.56. The lowest BCUT2D eigenvalue weighted by atomic mass is 9.94. The molecule has 0 bridgehead atoms. The molecule has 6 heteroatoms. The summed E-state index contributed by atoms with van der Waals surface area (Å²) in [6.45, 7) is 2.79. The van der Waals surface area contributed by atoms with Gasteiger partial charge in [0.1, 0.15) is 0 Å². The molecule has 0 radical (unpaired) electrons. The van der Waals surface area contributed by atoms with Crippen LogP contribution in [0.15, 0.2) is 29.4 Å². The van der Waals surface area contributed by atoms with Crippen LogP contribution in [0.3, 0.4) is 0 Å². The van der Waals surface area contributed by atoms with E-state index in [4.69, 9.17) is 0 Å². The van der Waals surface area contributed by atoms with Crippen molar-refractivity contribution in [3.8, 4) is 0 Å². The minimum atomic E-state index is 0. The Morgan fingerprint density at radius 2 is 2.04 bits per heavy atom. The minimum absolute atomic E-state index is 0. The zero-order chi connectivity index (χ0) is 16.3. The number of guanidine groups is 1. The topological polar surface area (TPSA) is 52.6 Å². The summed E-state index contributed by atoms with van der Waals surface area (Å²) < 4.78 is 0. The highest BCUT2D eigenvalue weighted by Gasteiger charge is 2.17. The second-order valence-electron chi connectivity index (χ2n) is 6.30. The molecular formula is C18H32IN5. The highest BCUT2D eigenvalue weighted by Crippen LogP contribution is 2.21. The van der Waals surface area contributed by atoms with E-state index in [0.717, 1.165) is 37.2 Å². The fourth-order valence-electron chi connectivity index (χ4n) is 3.14. The summed E-state index contributed by atoms with van der Waals surface area (Å²) in [6, 6.07) is 6.74. The molecule has 0 atom stereocenters. The molecule has 0 saturated heterocycles. The van der Waals surface area contributed by atoms with Crippen LogP contribution in [0.5, 0.6) is 0 Å². The van der Waals surface area contributed by atoms with Gasteiger partial charge in [-0.25, -0.2) is 0 Å².